The van der Waals surface area contributed by atoms with Gasteiger partial charge in [-0.15, -0.1) is 0 Å². The Bertz CT molecular complexity index is 1050. The van der Waals surface area contributed by atoms with Crippen LogP contribution in [0.2, 0.25) is 0 Å². The highest BCUT2D eigenvalue weighted by Crippen LogP contribution is 2.31. The van der Waals surface area contributed by atoms with Gasteiger partial charge in [0.2, 0.25) is 0 Å². The predicted molar refractivity (Wildman–Crippen MR) is 88.2 cm³/mol. The van der Waals surface area contributed by atoms with Crippen molar-refractivity contribution in [3.05, 3.63) is 67.1 Å². The molecule has 0 spiro atoms. The maximum Gasteiger partial charge on any atom is 0.146 e. The molecule has 0 saturated heterocycles. The van der Waals surface area contributed by atoms with Crippen molar-refractivity contribution in [3.63, 3.8) is 0 Å². The molecule has 4 nitrogen and oxygen atoms in total. The summed E-state index contributed by atoms with van der Waals surface area (Å²) in [7, 11) is 0. The highest BCUT2D eigenvalue weighted by atomic mass is 15.1. The van der Waals surface area contributed by atoms with E-state index in [4.69, 9.17) is 0 Å². The minimum atomic E-state index is 0.961. The topological polar surface area (TPSA) is 46.5 Å². The lowest BCUT2D eigenvalue weighted by Crippen LogP contribution is -1.94. The average molecular weight is 284 g/mol. The number of para-hydroxylation sites is 1. The first-order valence-electron chi connectivity index (χ1n) is 7.19. The number of fused-ring (bicyclic) bond motifs is 4. The molecule has 0 fully saturated rings. The Morgan fingerprint density at radius 2 is 1.82 bits per heavy atom. The van der Waals surface area contributed by atoms with E-state index >= 15 is 0 Å². The molecule has 4 heterocycles. The molecule has 1 aromatic carbocycles. The zero-order valence-electron chi connectivity index (χ0n) is 11.7. The largest absolute Gasteiger partial charge is 0.340 e. The molecule has 0 aliphatic rings. The molecule has 0 aliphatic carbocycles. The Morgan fingerprint density at radius 3 is 2.77 bits per heavy atom. The summed E-state index contributed by atoms with van der Waals surface area (Å²) in [6, 6.07) is 16.6. The van der Waals surface area contributed by atoms with Gasteiger partial charge in [-0.25, -0.2) is 4.98 Å². The van der Waals surface area contributed by atoms with E-state index in [2.05, 4.69) is 55.9 Å². The monoisotopic (exact) mass is 284 g/mol. The molecule has 0 atom stereocenters. The van der Waals surface area contributed by atoms with E-state index in [0.29, 0.717) is 0 Å². The minimum Gasteiger partial charge on any atom is -0.340 e. The fraction of sp³-hybridized carbons (Fsp3) is 0. The van der Waals surface area contributed by atoms with Crippen molar-refractivity contribution in [1.29, 1.82) is 0 Å². The van der Waals surface area contributed by atoms with Gasteiger partial charge in [0.15, 0.2) is 0 Å². The maximum atomic E-state index is 4.59. The molecule has 22 heavy (non-hydrogen) atoms. The number of hydrogen-bond acceptors (Lipinski definition) is 2. The highest BCUT2D eigenvalue weighted by molar-refractivity contribution is 6.07. The van der Waals surface area contributed by atoms with Gasteiger partial charge in [0.25, 0.3) is 0 Å². The SMILES string of the molecule is c1ccc2c(c1)c1cccnc1n2-c1cc2ccncc2[nH]1. The lowest BCUT2D eigenvalue weighted by atomic mass is 10.2. The van der Waals surface area contributed by atoms with E-state index in [1.165, 1.54) is 5.39 Å². The molecule has 0 unspecified atom stereocenters. The fourth-order valence-corrected chi connectivity index (χ4v) is 3.12. The van der Waals surface area contributed by atoms with E-state index in [0.717, 1.165) is 33.3 Å². The quantitative estimate of drug-likeness (QED) is 0.504. The van der Waals surface area contributed by atoms with E-state index < -0.39 is 0 Å². The molecule has 0 saturated carbocycles. The summed E-state index contributed by atoms with van der Waals surface area (Å²) in [4.78, 5) is 12.2. The smallest absolute Gasteiger partial charge is 0.146 e. The Kier molecular flexibility index (Phi) is 2.19. The number of aromatic amines is 1. The predicted octanol–water partition coefficient (Wildman–Crippen LogP) is 4.06. The molecule has 4 heteroatoms. The van der Waals surface area contributed by atoms with E-state index in [1.807, 2.05) is 30.7 Å². The summed E-state index contributed by atoms with van der Waals surface area (Å²) in [5.41, 5.74) is 3.14. The molecule has 4 aromatic heterocycles. The first kappa shape index (κ1) is 11.5. The summed E-state index contributed by atoms with van der Waals surface area (Å²) in [6.07, 6.45) is 5.49. The first-order valence-corrected chi connectivity index (χ1v) is 7.19. The van der Waals surface area contributed by atoms with E-state index in [-0.39, 0.29) is 0 Å². The van der Waals surface area contributed by atoms with Crippen molar-refractivity contribution in [3.8, 4) is 5.82 Å². The van der Waals surface area contributed by atoms with Crippen LogP contribution in [0.3, 0.4) is 0 Å². The number of rotatable bonds is 1. The molecule has 104 valence electrons. The molecular weight excluding hydrogens is 272 g/mol. The third-order valence-electron chi connectivity index (χ3n) is 4.08. The van der Waals surface area contributed by atoms with Crippen LogP contribution in [0, 0.1) is 0 Å². The number of aromatic nitrogens is 4. The van der Waals surface area contributed by atoms with Gasteiger partial charge in [-0.2, -0.15) is 0 Å². The number of H-pyrrole nitrogens is 1. The Morgan fingerprint density at radius 1 is 0.909 bits per heavy atom. The van der Waals surface area contributed by atoms with Gasteiger partial charge >= 0.3 is 0 Å². The Hall–Kier alpha value is -3.14. The molecule has 1 N–H and O–H groups in total. The van der Waals surface area contributed by atoms with Crippen LogP contribution < -0.4 is 0 Å². The van der Waals surface area contributed by atoms with Crippen LogP contribution in [-0.2, 0) is 0 Å². The Labute approximate surface area is 126 Å². The number of nitrogens with one attached hydrogen (secondary N) is 1. The first-order chi connectivity index (χ1) is 10.9. The van der Waals surface area contributed by atoms with Crippen molar-refractivity contribution in [2.24, 2.45) is 0 Å². The van der Waals surface area contributed by atoms with E-state index in [9.17, 15) is 0 Å². The molecule has 0 bridgehead atoms. The number of nitrogens with zero attached hydrogens (tertiary/aromatic N) is 3. The summed E-state index contributed by atoms with van der Waals surface area (Å²) >= 11 is 0. The van der Waals surface area contributed by atoms with Crippen molar-refractivity contribution in [2.45, 2.75) is 0 Å². The normalized spacial score (nSPS) is 11.6. The second-order valence-electron chi connectivity index (χ2n) is 5.34. The van der Waals surface area contributed by atoms with E-state index in [1.54, 1.807) is 0 Å². The van der Waals surface area contributed by atoms with Crippen LogP contribution in [0.1, 0.15) is 0 Å². The third kappa shape index (κ3) is 1.46. The fourth-order valence-electron chi connectivity index (χ4n) is 3.12. The van der Waals surface area contributed by atoms with Crippen LogP contribution in [0.15, 0.2) is 67.1 Å². The average Bonchev–Trinajstić information content (AvgIpc) is 3.13. The molecule has 5 rings (SSSR count). The second kappa shape index (κ2) is 4.18. The summed E-state index contributed by atoms with van der Waals surface area (Å²) in [5.74, 6) is 1.01. The van der Waals surface area contributed by atoms with Gasteiger partial charge in [0, 0.05) is 28.6 Å². The van der Waals surface area contributed by atoms with Crippen LogP contribution in [-0.4, -0.2) is 19.5 Å². The van der Waals surface area contributed by atoms with Crippen LogP contribution in [0.5, 0.6) is 0 Å². The van der Waals surface area contributed by atoms with Crippen LogP contribution >= 0.6 is 0 Å². The Balaban J connectivity index is 1.96. The molecule has 0 aliphatic heterocycles. The van der Waals surface area contributed by atoms with Crippen molar-refractivity contribution in [1.82, 2.24) is 19.5 Å². The summed E-state index contributed by atoms with van der Waals surface area (Å²) < 4.78 is 2.17. The standard InChI is InChI=1S/C18H12N4/c1-2-6-16-13(4-1)14-5-3-8-20-18(14)22(16)17-10-12-7-9-19-11-15(12)21-17/h1-11,21H. The molecule has 0 amide bonds. The minimum absolute atomic E-state index is 0.961. The lowest BCUT2D eigenvalue weighted by molar-refractivity contribution is 1.09. The zero-order chi connectivity index (χ0) is 14.5. The molecular formula is C18H12N4. The van der Waals surface area contributed by atoms with Gasteiger partial charge in [-0.3, -0.25) is 9.55 Å². The van der Waals surface area contributed by atoms with Gasteiger partial charge in [-0.1, -0.05) is 18.2 Å². The molecule has 5 aromatic rings. The summed E-state index contributed by atoms with van der Waals surface area (Å²) in [5, 5.41) is 3.52. The second-order valence-corrected chi connectivity index (χ2v) is 5.34. The van der Waals surface area contributed by atoms with Crippen LogP contribution in [0.4, 0.5) is 0 Å². The summed E-state index contributed by atoms with van der Waals surface area (Å²) in [6.45, 7) is 0. The van der Waals surface area contributed by atoms with Gasteiger partial charge in [0.1, 0.15) is 11.5 Å². The van der Waals surface area contributed by atoms with Gasteiger partial charge in [0.05, 0.1) is 17.2 Å². The highest BCUT2D eigenvalue weighted by Gasteiger charge is 2.13. The van der Waals surface area contributed by atoms with Crippen LogP contribution in [0.25, 0.3) is 38.7 Å². The van der Waals surface area contributed by atoms with Crippen molar-refractivity contribution in [2.75, 3.05) is 0 Å². The number of benzene rings is 1. The van der Waals surface area contributed by atoms with Crippen molar-refractivity contribution >= 4 is 32.8 Å². The maximum absolute atomic E-state index is 4.59. The lowest BCUT2D eigenvalue weighted by Gasteiger charge is -2.03. The third-order valence-corrected chi connectivity index (χ3v) is 4.08. The van der Waals surface area contributed by atoms with Gasteiger partial charge < -0.3 is 4.98 Å². The zero-order valence-corrected chi connectivity index (χ0v) is 11.7. The van der Waals surface area contributed by atoms with Crippen molar-refractivity contribution < 1.29 is 0 Å². The van der Waals surface area contributed by atoms with Gasteiger partial charge in [-0.05, 0) is 30.3 Å². The number of hydrogen-bond donors (Lipinski definition) is 1. The molecule has 0 radical (unpaired) electrons. The number of pyridine rings is 2.